The van der Waals surface area contributed by atoms with Crippen LogP contribution in [0.25, 0.3) is 0 Å². The second-order valence-electron chi connectivity index (χ2n) is 5.61. The lowest BCUT2D eigenvalue weighted by molar-refractivity contribution is -0.127. The summed E-state index contributed by atoms with van der Waals surface area (Å²) in [5.41, 5.74) is 0.433. The highest BCUT2D eigenvalue weighted by atomic mass is 16.6. The molecule has 0 saturated carbocycles. The number of hydrogen-bond donors (Lipinski definition) is 0. The maximum Gasteiger partial charge on any atom is 0.417 e. The molecule has 128 valence electrons. The second-order valence-corrected chi connectivity index (χ2v) is 5.61. The van der Waals surface area contributed by atoms with Crippen LogP contribution >= 0.6 is 0 Å². The Balaban J connectivity index is 1.75. The maximum atomic E-state index is 12.7. The van der Waals surface area contributed by atoms with Crippen LogP contribution in [0.5, 0.6) is 11.5 Å². The monoisotopic (exact) mass is 334 g/mol. The second kappa shape index (κ2) is 6.38. The minimum atomic E-state index is -0.637. The van der Waals surface area contributed by atoms with Gasteiger partial charge in [-0.2, -0.15) is 0 Å². The highest BCUT2D eigenvalue weighted by Crippen LogP contribution is 2.26. The van der Waals surface area contributed by atoms with E-state index in [0.29, 0.717) is 36.6 Å². The highest BCUT2D eigenvalue weighted by Gasteiger charge is 2.41. The topological polar surface area (TPSA) is 85.4 Å². The minimum absolute atomic E-state index is 0.199. The van der Waals surface area contributed by atoms with Crippen LogP contribution in [-0.4, -0.2) is 67.7 Å². The molecule has 8 heteroatoms. The van der Waals surface area contributed by atoms with E-state index in [0.717, 1.165) is 4.90 Å². The molecule has 0 radical (unpaired) electrons. The molecule has 2 saturated heterocycles. The number of ether oxygens (including phenoxy) is 3. The predicted molar refractivity (Wildman–Crippen MR) is 82.0 cm³/mol. The Hall–Kier alpha value is -2.77. The van der Waals surface area contributed by atoms with Crippen LogP contribution in [0, 0.1) is 0 Å². The largest absolute Gasteiger partial charge is 0.497 e. The van der Waals surface area contributed by atoms with Crippen LogP contribution < -0.4 is 9.47 Å². The Morgan fingerprint density at radius 2 is 1.83 bits per heavy atom. The molecule has 2 aliphatic rings. The van der Waals surface area contributed by atoms with Gasteiger partial charge in [0, 0.05) is 24.7 Å². The number of carbonyl (C=O) groups is 3. The average Bonchev–Trinajstić information content (AvgIpc) is 3.20. The first kappa shape index (κ1) is 16.1. The van der Waals surface area contributed by atoms with Gasteiger partial charge in [-0.1, -0.05) is 0 Å². The molecule has 0 bridgehead atoms. The summed E-state index contributed by atoms with van der Waals surface area (Å²) in [5, 5.41) is 0. The fourth-order valence-corrected chi connectivity index (χ4v) is 2.97. The summed E-state index contributed by atoms with van der Waals surface area (Å²) in [6.45, 7) is 0.523. The number of carbonyl (C=O) groups excluding carboxylic acids is 3. The van der Waals surface area contributed by atoms with Gasteiger partial charge in [-0.15, -0.1) is 0 Å². The van der Waals surface area contributed by atoms with Crippen molar-refractivity contribution in [3.63, 3.8) is 0 Å². The van der Waals surface area contributed by atoms with Crippen molar-refractivity contribution in [2.45, 2.75) is 12.5 Å². The highest BCUT2D eigenvalue weighted by molar-refractivity contribution is 5.99. The van der Waals surface area contributed by atoms with Crippen LogP contribution in [0.1, 0.15) is 16.8 Å². The van der Waals surface area contributed by atoms with Crippen LogP contribution in [0.2, 0.25) is 0 Å². The molecule has 1 aromatic rings. The van der Waals surface area contributed by atoms with Gasteiger partial charge >= 0.3 is 6.09 Å². The van der Waals surface area contributed by atoms with Gasteiger partial charge in [0.2, 0.25) is 0 Å². The number of likely N-dealkylation sites (tertiary alicyclic amines) is 1. The van der Waals surface area contributed by atoms with E-state index < -0.39 is 6.09 Å². The van der Waals surface area contributed by atoms with Gasteiger partial charge in [-0.3, -0.25) is 9.59 Å². The van der Waals surface area contributed by atoms with Crippen molar-refractivity contribution >= 4 is 17.9 Å². The molecule has 3 rings (SSSR count). The number of nitrogens with zero attached hydrogens (tertiary/aromatic N) is 2. The summed E-state index contributed by atoms with van der Waals surface area (Å²) in [5.74, 6) is 0.482. The number of benzene rings is 1. The number of imide groups is 1. The SMILES string of the molecule is COc1cc(OC)cc(C(=O)N2CCC(N3C(=O)COC3=O)C2)c1. The van der Waals surface area contributed by atoms with E-state index in [9.17, 15) is 14.4 Å². The van der Waals surface area contributed by atoms with E-state index in [2.05, 4.69) is 0 Å². The molecule has 0 aliphatic carbocycles. The summed E-state index contributed by atoms with van der Waals surface area (Å²) in [6, 6.07) is 4.60. The van der Waals surface area contributed by atoms with Crippen molar-refractivity contribution in [2.24, 2.45) is 0 Å². The third-order valence-corrected chi connectivity index (χ3v) is 4.20. The zero-order chi connectivity index (χ0) is 17.3. The Labute approximate surface area is 138 Å². The zero-order valence-corrected chi connectivity index (χ0v) is 13.5. The number of methoxy groups -OCH3 is 2. The quantitative estimate of drug-likeness (QED) is 0.813. The van der Waals surface area contributed by atoms with Crippen LogP contribution in [-0.2, 0) is 9.53 Å². The first-order valence-corrected chi connectivity index (χ1v) is 7.54. The van der Waals surface area contributed by atoms with Gasteiger partial charge in [0.1, 0.15) is 11.5 Å². The Bertz CT molecular complexity index is 651. The third kappa shape index (κ3) is 2.86. The van der Waals surface area contributed by atoms with Crippen molar-refractivity contribution in [1.82, 2.24) is 9.80 Å². The maximum absolute atomic E-state index is 12.7. The summed E-state index contributed by atoms with van der Waals surface area (Å²) in [7, 11) is 3.03. The van der Waals surface area contributed by atoms with E-state index in [-0.39, 0.29) is 24.5 Å². The van der Waals surface area contributed by atoms with E-state index in [1.807, 2.05) is 0 Å². The van der Waals surface area contributed by atoms with Crippen molar-refractivity contribution < 1.29 is 28.6 Å². The van der Waals surface area contributed by atoms with Gasteiger partial charge in [-0.25, -0.2) is 9.69 Å². The van der Waals surface area contributed by atoms with Gasteiger partial charge in [0.15, 0.2) is 6.61 Å². The molecule has 1 aromatic carbocycles. The van der Waals surface area contributed by atoms with Crippen molar-refractivity contribution in [3.05, 3.63) is 23.8 Å². The number of amides is 3. The lowest BCUT2D eigenvalue weighted by atomic mass is 10.1. The van der Waals surface area contributed by atoms with Gasteiger partial charge < -0.3 is 19.1 Å². The van der Waals surface area contributed by atoms with Gasteiger partial charge in [0.05, 0.1) is 20.3 Å². The Morgan fingerprint density at radius 3 is 2.38 bits per heavy atom. The van der Waals surface area contributed by atoms with E-state index in [1.165, 1.54) is 14.2 Å². The van der Waals surface area contributed by atoms with E-state index in [1.54, 1.807) is 23.1 Å². The van der Waals surface area contributed by atoms with Crippen LogP contribution in [0.15, 0.2) is 18.2 Å². The van der Waals surface area contributed by atoms with Crippen LogP contribution in [0.3, 0.4) is 0 Å². The third-order valence-electron chi connectivity index (χ3n) is 4.20. The molecule has 0 spiro atoms. The standard InChI is InChI=1S/C16H18N2O6/c1-22-12-5-10(6-13(7-12)23-2)15(20)17-4-3-11(8-17)18-14(19)9-24-16(18)21/h5-7,11H,3-4,8-9H2,1-2H3. The molecular weight excluding hydrogens is 316 g/mol. The molecule has 0 aromatic heterocycles. The smallest absolute Gasteiger partial charge is 0.417 e. The van der Waals surface area contributed by atoms with E-state index >= 15 is 0 Å². The molecule has 2 fully saturated rings. The number of rotatable bonds is 4. The van der Waals surface area contributed by atoms with Crippen molar-refractivity contribution in [1.29, 1.82) is 0 Å². The van der Waals surface area contributed by atoms with Crippen molar-refractivity contribution in [2.75, 3.05) is 33.9 Å². The molecular formula is C16H18N2O6. The first-order valence-electron chi connectivity index (χ1n) is 7.54. The molecule has 1 atom stereocenters. The molecule has 8 nitrogen and oxygen atoms in total. The fourth-order valence-electron chi connectivity index (χ4n) is 2.97. The molecule has 1 unspecified atom stereocenters. The Kier molecular flexibility index (Phi) is 4.28. The molecule has 3 amide bonds. The van der Waals surface area contributed by atoms with E-state index in [4.69, 9.17) is 14.2 Å². The normalized spacial score (nSPS) is 20.3. The summed E-state index contributed by atoms with van der Waals surface area (Å²) in [4.78, 5) is 38.8. The summed E-state index contributed by atoms with van der Waals surface area (Å²) >= 11 is 0. The zero-order valence-electron chi connectivity index (χ0n) is 13.5. The molecule has 2 heterocycles. The molecule has 24 heavy (non-hydrogen) atoms. The first-order chi connectivity index (χ1) is 11.5. The number of cyclic esters (lactones) is 1. The molecule has 0 N–H and O–H groups in total. The summed E-state index contributed by atoms with van der Waals surface area (Å²) in [6.07, 6.45) is -0.101. The molecule has 2 aliphatic heterocycles. The average molecular weight is 334 g/mol. The number of hydrogen-bond acceptors (Lipinski definition) is 6. The lowest BCUT2D eigenvalue weighted by Gasteiger charge is -2.21. The van der Waals surface area contributed by atoms with Gasteiger partial charge in [-0.05, 0) is 18.6 Å². The van der Waals surface area contributed by atoms with Gasteiger partial charge in [0.25, 0.3) is 11.8 Å². The lowest BCUT2D eigenvalue weighted by Crippen LogP contribution is -2.42. The minimum Gasteiger partial charge on any atom is -0.497 e. The Morgan fingerprint density at radius 1 is 1.17 bits per heavy atom. The predicted octanol–water partition coefficient (Wildman–Crippen LogP) is 0.897. The van der Waals surface area contributed by atoms with Crippen molar-refractivity contribution in [3.8, 4) is 11.5 Å². The van der Waals surface area contributed by atoms with Crippen LogP contribution in [0.4, 0.5) is 4.79 Å². The summed E-state index contributed by atoms with van der Waals surface area (Å²) < 4.78 is 15.1. The fraction of sp³-hybridized carbons (Fsp3) is 0.438.